The van der Waals surface area contributed by atoms with Crippen molar-refractivity contribution in [2.75, 3.05) is 13.1 Å². The Labute approximate surface area is 115 Å². The minimum absolute atomic E-state index is 0.00935. The molecule has 0 spiro atoms. The summed E-state index contributed by atoms with van der Waals surface area (Å²) >= 11 is 0. The second-order valence-corrected chi connectivity index (χ2v) is 5.78. The molecule has 0 aromatic rings. The first-order valence-corrected chi connectivity index (χ1v) is 7.16. The van der Waals surface area contributed by atoms with Gasteiger partial charge < -0.3 is 15.7 Å². The molecule has 110 valence electrons. The average molecular weight is 270 g/mol. The lowest BCUT2D eigenvalue weighted by molar-refractivity contribution is -0.146. The molecule has 0 atom stereocenters. The predicted octanol–water partition coefficient (Wildman–Crippen LogP) is 1.61. The first kappa shape index (κ1) is 16.0. The van der Waals surface area contributed by atoms with Crippen molar-refractivity contribution in [3.8, 4) is 0 Å². The molecule has 1 amide bonds. The fraction of sp³-hybridized carbons (Fsp3) is 0.857. The highest BCUT2D eigenvalue weighted by atomic mass is 16.4. The quantitative estimate of drug-likeness (QED) is 0.768. The van der Waals surface area contributed by atoms with Crippen LogP contribution >= 0.6 is 0 Å². The van der Waals surface area contributed by atoms with Gasteiger partial charge in [0.25, 0.3) is 0 Å². The van der Waals surface area contributed by atoms with E-state index in [1.807, 2.05) is 13.8 Å². The molecule has 1 saturated carbocycles. The molecule has 1 fully saturated rings. The number of carbonyl (C=O) groups excluding carboxylic acids is 1. The van der Waals surface area contributed by atoms with Crippen molar-refractivity contribution in [2.24, 2.45) is 11.1 Å². The van der Waals surface area contributed by atoms with Gasteiger partial charge in [-0.3, -0.25) is 9.59 Å². The summed E-state index contributed by atoms with van der Waals surface area (Å²) in [7, 11) is 0. The van der Waals surface area contributed by atoms with Crippen LogP contribution in [0.5, 0.6) is 0 Å². The van der Waals surface area contributed by atoms with E-state index >= 15 is 0 Å². The van der Waals surface area contributed by atoms with Crippen molar-refractivity contribution in [3.05, 3.63) is 0 Å². The topological polar surface area (TPSA) is 83.6 Å². The van der Waals surface area contributed by atoms with Gasteiger partial charge in [-0.25, -0.2) is 0 Å². The summed E-state index contributed by atoms with van der Waals surface area (Å²) in [5.74, 6) is -0.824. The number of amides is 1. The highest BCUT2D eigenvalue weighted by Gasteiger charge is 2.41. The van der Waals surface area contributed by atoms with Crippen LogP contribution in [0.3, 0.4) is 0 Å². The molecule has 1 aliphatic carbocycles. The summed E-state index contributed by atoms with van der Waals surface area (Å²) < 4.78 is 0. The van der Waals surface area contributed by atoms with E-state index in [1.54, 1.807) is 4.90 Å². The molecular formula is C14H26N2O3. The first-order chi connectivity index (χ1) is 8.93. The van der Waals surface area contributed by atoms with E-state index in [9.17, 15) is 9.59 Å². The maximum Gasteiger partial charge on any atom is 0.305 e. The summed E-state index contributed by atoms with van der Waals surface area (Å²) in [6, 6.07) is 0.0113. The maximum absolute atomic E-state index is 12.8. The number of carboxylic acid groups (broad SMARTS) is 1. The van der Waals surface area contributed by atoms with Crippen molar-refractivity contribution >= 4 is 11.9 Å². The summed E-state index contributed by atoms with van der Waals surface area (Å²) in [6.45, 7) is 4.48. The highest BCUT2D eigenvalue weighted by Crippen LogP contribution is 2.37. The van der Waals surface area contributed by atoms with Gasteiger partial charge in [-0.2, -0.15) is 0 Å². The Kier molecular flexibility index (Phi) is 5.79. The smallest absolute Gasteiger partial charge is 0.305 e. The molecule has 0 aromatic heterocycles. The Morgan fingerprint density at radius 1 is 1.26 bits per heavy atom. The molecule has 5 heteroatoms. The van der Waals surface area contributed by atoms with E-state index in [4.69, 9.17) is 10.8 Å². The summed E-state index contributed by atoms with van der Waals surface area (Å²) in [6.07, 6.45) is 4.88. The normalized spacial score (nSPS) is 18.3. The van der Waals surface area contributed by atoms with Crippen molar-refractivity contribution in [3.63, 3.8) is 0 Å². The van der Waals surface area contributed by atoms with Crippen molar-refractivity contribution in [1.82, 2.24) is 4.90 Å². The third-order valence-electron chi connectivity index (χ3n) is 4.11. The third kappa shape index (κ3) is 3.93. The molecule has 0 saturated heterocycles. The molecule has 19 heavy (non-hydrogen) atoms. The van der Waals surface area contributed by atoms with Gasteiger partial charge in [0.1, 0.15) is 0 Å². The second-order valence-electron chi connectivity index (χ2n) is 5.78. The van der Waals surface area contributed by atoms with Crippen LogP contribution in [-0.4, -0.2) is 41.0 Å². The molecule has 1 aliphatic rings. The Bertz CT molecular complexity index is 323. The summed E-state index contributed by atoms with van der Waals surface area (Å²) in [4.78, 5) is 25.2. The first-order valence-electron chi connectivity index (χ1n) is 7.16. The molecular weight excluding hydrogens is 244 g/mol. The van der Waals surface area contributed by atoms with Crippen LogP contribution < -0.4 is 5.73 Å². The van der Waals surface area contributed by atoms with E-state index in [0.29, 0.717) is 6.54 Å². The monoisotopic (exact) mass is 270 g/mol. The van der Waals surface area contributed by atoms with Crippen molar-refractivity contribution in [2.45, 2.75) is 58.4 Å². The molecule has 0 bridgehead atoms. The van der Waals surface area contributed by atoms with E-state index < -0.39 is 11.4 Å². The number of nitrogens with zero attached hydrogens (tertiary/aromatic N) is 1. The SMILES string of the molecule is CC(C)N(CCC(=O)O)C(=O)C1(CN)CCCCC1. The number of hydrogen-bond acceptors (Lipinski definition) is 3. The van der Waals surface area contributed by atoms with Crippen LogP contribution in [0.2, 0.25) is 0 Å². The van der Waals surface area contributed by atoms with Gasteiger partial charge in [0.2, 0.25) is 5.91 Å². The Hall–Kier alpha value is -1.10. The lowest BCUT2D eigenvalue weighted by Gasteiger charge is -2.40. The Morgan fingerprint density at radius 3 is 2.26 bits per heavy atom. The van der Waals surface area contributed by atoms with Gasteiger partial charge in [-0.15, -0.1) is 0 Å². The number of carbonyl (C=O) groups is 2. The number of rotatable bonds is 6. The average Bonchev–Trinajstić information content (AvgIpc) is 2.38. The number of aliphatic carboxylic acids is 1. The zero-order chi connectivity index (χ0) is 14.5. The van der Waals surface area contributed by atoms with E-state index in [0.717, 1.165) is 32.1 Å². The third-order valence-corrected chi connectivity index (χ3v) is 4.11. The lowest BCUT2D eigenvalue weighted by Crippen LogP contribution is -2.51. The van der Waals surface area contributed by atoms with Crippen LogP contribution in [0.1, 0.15) is 52.4 Å². The molecule has 0 heterocycles. The fourth-order valence-electron chi connectivity index (χ4n) is 2.85. The molecule has 0 unspecified atom stereocenters. The second kappa shape index (κ2) is 6.89. The van der Waals surface area contributed by atoms with Gasteiger partial charge in [0, 0.05) is 19.1 Å². The zero-order valence-electron chi connectivity index (χ0n) is 12.0. The molecule has 3 N–H and O–H groups in total. The minimum atomic E-state index is -0.871. The molecule has 5 nitrogen and oxygen atoms in total. The molecule has 1 rings (SSSR count). The number of hydrogen-bond donors (Lipinski definition) is 2. The zero-order valence-corrected chi connectivity index (χ0v) is 12.0. The Morgan fingerprint density at radius 2 is 1.84 bits per heavy atom. The van der Waals surface area contributed by atoms with Crippen LogP contribution in [-0.2, 0) is 9.59 Å². The summed E-state index contributed by atoms with van der Waals surface area (Å²) in [5.41, 5.74) is 5.41. The molecule has 0 radical (unpaired) electrons. The molecule has 0 aromatic carbocycles. The Balaban J connectivity index is 2.81. The standard InChI is InChI=1S/C14H26N2O3/c1-11(2)16(9-6-12(17)18)13(19)14(10-15)7-4-3-5-8-14/h11H,3-10,15H2,1-2H3,(H,17,18). The fourth-order valence-corrected chi connectivity index (χ4v) is 2.85. The largest absolute Gasteiger partial charge is 0.481 e. The van der Waals surface area contributed by atoms with Crippen LogP contribution in [0, 0.1) is 5.41 Å². The van der Waals surface area contributed by atoms with Crippen LogP contribution in [0.15, 0.2) is 0 Å². The van der Waals surface area contributed by atoms with Gasteiger partial charge in [-0.1, -0.05) is 19.3 Å². The lowest BCUT2D eigenvalue weighted by atomic mass is 9.73. The predicted molar refractivity (Wildman–Crippen MR) is 73.7 cm³/mol. The summed E-state index contributed by atoms with van der Waals surface area (Å²) in [5, 5.41) is 8.80. The minimum Gasteiger partial charge on any atom is -0.481 e. The van der Waals surface area contributed by atoms with Gasteiger partial charge >= 0.3 is 5.97 Å². The van der Waals surface area contributed by atoms with E-state index in [1.165, 1.54) is 0 Å². The highest BCUT2D eigenvalue weighted by molar-refractivity contribution is 5.83. The van der Waals surface area contributed by atoms with Crippen molar-refractivity contribution in [1.29, 1.82) is 0 Å². The number of carboxylic acids is 1. The van der Waals surface area contributed by atoms with E-state index in [-0.39, 0.29) is 24.9 Å². The maximum atomic E-state index is 12.8. The van der Waals surface area contributed by atoms with Gasteiger partial charge in [0.05, 0.1) is 11.8 Å². The van der Waals surface area contributed by atoms with Gasteiger partial charge in [0.15, 0.2) is 0 Å². The van der Waals surface area contributed by atoms with Gasteiger partial charge in [-0.05, 0) is 26.7 Å². The van der Waals surface area contributed by atoms with Crippen molar-refractivity contribution < 1.29 is 14.7 Å². The van der Waals surface area contributed by atoms with Crippen LogP contribution in [0.4, 0.5) is 0 Å². The van der Waals surface area contributed by atoms with Crippen LogP contribution in [0.25, 0.3) is 0 Å². The molecule has 0 aliphatic heterocycles. The number of nitrogens with two attached hydrogens (primary N) is 1. The van der Waals surface area contributed by atoms with E-state index in [2.05, 4.69) is 0 Å².